The third-order valence-electron chi connectivity index (χ3n) is 4.26. The normalized spacial score (nSPS) is 26.9. The van der Waals surface area contributed by atoms with E-state index in [-0.39, 0.29) is 0 Å². The zero-order valence-electron chi connectivity index (χ0n) is 12.1. The molecule has 1 saturated carbocycles. The van der Waals surface area contributed by atoms with Crippen molar-refractivity contribution in [2.24, 2.45) is 11.7 Å². The first-order valence-corrected chi connectivity index (χ1v) is 7.33. The van der Waals surface area contributed by atoms with Crippen LogP contribution in [0, 0.1) is 5.92 Å². The largest absolute Gasteiger partial charge is 0.456 e. The molecule has 1 aliphatic rings. The van der Waals surface area contributed by atoms with Crippen molar-refractivity contribution in [3.63, 3.8) is 0 Å². The maximum absolute atomic E-state index is 6.45. The minimum absolute atomic E-state index is 0.420. The Bertz CT molecular complexity index is 579. The molecule has 2 aromatic rings. The molecule has 1 fully saturated rings. The fourth-order valence-corrected chi connectivity index (χ4v) is 2.71. The van der Waals surface area contributed by atoms with Crippen molar-refractivity contribution < 1.29 is 8.94 Å². The molecule has 3 rings (SSSR count). The quantitative estimate of drug-likeness (QED) is 0.930. The SMILES string of the molecule is CCc1ccc(-c2nc(C3(N)CCC(C)CC3)no2)o1. The summed E-state index contributed by atoms with van der Waals surface area (Å²) in [5.41, 5.74) is 6.00. The van der Waals surface area contributed by atoms with E-state index in [1.165, 1.54) is 0 Å². The van der Waals surface area contributed by atoms with Crippen molar-refractivity contribution in [2.75, 3.05) is 0 Å². The Labute approximate surface area is 118 Å². The van der Waals surface area contributed by atoms with Gasteiger partial charge < -0.3 is 14.7 Å². The maximum atomic E-state index is 6.45. The summed E-state index contributed by atoms with van der Waals surface area (Å²) in [6.07, 6.45) is 4.89. The van der Waals surface area contributed by atoms with E-state index >= 15 is 0 Å². The van der Waals surface area contributed by atoms with Crippen LogP contribution in [-0.2, 0) is 12.0 Å². The van der Waals surface area contributed by atoms with E-state index < -0.39 is 5.54 Å². The fourth-order valence-electron chi connectivity index (χ4n) is 2.71. The molecule has 5 heteroatoms. The lowest BCUT2D eigenvalue weighted by molar-refractivity contribution is 0.230. The van der Waals surface area contributed by atoms with Gasteiger partial charge in [0.25, 0.3) is 5.89 Å². The number of aryl methyl sites for hydroxylation is 1. The molecule has 0 saturated heterocycles. The molecule has 0 bridgehead atoms. The monoisotopic (exact) mass is 275 g/mol. The van der Waals surface area contributed by atoms with Gasteiger partial charge in [-0.05, 0) is 43.7 Å². The molecule has 0 radical (unpaired) electrons. The highest BCUT2D eigenvalue weighted by Gasteiger charge is 2.36. The molecule has 0 unspecified atom stereocenters. The summed E-state index contributed by atoms with van der Waals surface area (Å²) in [5, 5.41) is 4.08. The lowest BCUT2D eigenvalue weighted by atomic mass is 9.77. The standard InChI is InChI=1S/C15H21N3O2/c1-3-11-4-5-12(19-11)13-17-14(18-20-13)15(16)8-6-10(2)7-9-15/h4-5,10H,3,6-9,16H2,1-2H3. The van der Waals surface area contributed by atoms with E-state index in [9.17, 15) is 0 Å². The summed E-state index contributed by atoms with van der Waals surface area (Å²) in [5.74, 6) is 3.29. The zero-order chi connectivity index (χ0) is 14.2. The third kappa shape index (κ3) is 2.38. The molecule has 0 atom stereocenters. The number of aromatic nitrogens is 2. The summed E-state index contributed by atoms with van der Waals surface area (Å²) in [4.78, 5) is 4.45. The van der Waals surface area contributed by atoms with Gasteiger partial charge in [0.2, 0.25) is 0 Å². The second kappa shape index (κ2) is 5.05. The number of nitrogens with zero attached hydrogens (tertiary/aromatic N) is 2. The topological polar surface area (TPSA) is 78.1 Å². The minimum atomic E-state index is -0.450. The molecule has 0 spiro atoms. The van der Waals surface area contributed by atoms with Gasteiger partial charge in [-0.25, -0.2) is 0 Å². The predicted molar refractivity (Wildman–Crippen MR) is 74.9 cm³/mol. The van der Waals surface area contributed by atoms with Crippen molar-refractivity contribution in [1.82, 2.24) is 10.1 Å². The molecule has 2 aromatic heterocycles. The van der Waals surface area contributed by atoms with Crippen LogP contribution in [0.4, 0.5) is 0 Å². The van der Waals surface area contributed by atoms with Crippen LogP contribution in [0.1, 0.15) is 51.1 Å². The van der Waals surface area contributed by atoms with E-state index in [0.29, 0.717) is 17.5 Å². The highest BCUT2D eigenvalue weighted by Crippen LogP contribution is 2.36. The van der Waals surface area contributed by atoms with Crippen molar-refractivity contribution in [3.05, 3.63) is 23.7 Å². The van der Waals surface area contributed by atoms with Crippen molar-refractivity contribution in [1.29, 1.82) is 0 Å². The van der Waals surface area contributed by atoms with Gasteiger partial charge in [0, 0.05) is 6.42 Å². The molecule has 2 N–H and O–H groups in total. The molecular formula is C15H21N3O2. The molecule has 1 aliphatic carbocycles. The van der Waals surface area contributed by atoms with Crippen LogP contribution in [0.25, 0.3) is 11.7 Å². The van der Waals surface area contributed by atoms with Crippen LogP contribution in [0.15, 0.2) is 21.1 Å². The summed E-state index contributed by atoms with van der Waals surface area (Å²) < 4.78 is 11.0. The van der Waals surface area contributed by atoms with Gasteiger partial charge >= 0.3 is 0 Å². The second-order valence-electron chi connectivity index (χ2n) is 5.88. The average molecular weight is 275 g/mol. The van der Waals surface area contributed by atoms with E-state index in [0.717, 1.165) is 43.8 Å². The van der Waals surface area contributed by atoms with Crippen LogP contribution >= 0.6 is 0 Å². The molecular weight excluding hydrogens is 254 g/mol. The molecule has 20 heavy (non-hydrogen) atoms. The third-order valence-corrected chi connectivity index (χ3v) is 4.26. The number of hydrogen-bond donors (Lipinski definition) is 1. The molecule has 0 aliphatic heterocycles. The number of hydrogen-bond acceptors (Lipinski definition) is 5. The van der Waals surface area contributed by atoms with Gasteiger partial charge in [-0.3, -0.25) is 0 Å². The van der Waals surface area contributed by atoms with Crippen molar-refractivity contribution in [3.8, 4) is 11.7 Å². The smallest absolute Gasteiger partial charge is 0.293 e. The van der Waals surface area contributed by atoms with Gasteiger partial charge in [0.15, 0.2) is 11.6 Å². The Morgan fingerprint density at radius 2 is 2.10 bits per heavy atom. The van der Waals surface area contributed by atoms with Crippen LogP contribution in [0.5, 0.6) is 0 Å². The van der Waals surface area contributed by atoms with Crippen LogP contribution < -0.4 is 5.73 Å². The summed E-state index contributed by atoms with van der Waals surface area (Å²) in [7, 11) is 0. The Balaban J connectivity index is 1.83. The number of nitrogens with two attached hydrogens (primary N) is 1. The number of rotatable bonds is 3. The van der Waals surface area contributed by atoms with Crippen LogP contribution in [0.2, 0.25) is 0 Å². The van der Waals surface area contributed by atoms with Gasteiger partial charge in [-0.1, -0.05) is 19.0 Å². The first kappa shape index (κ1) is 13.4. The molecule has 0 amide bonds. The predicted octanol–water partition coefficient (Wildman–Crippen LogP) is 3.26. The van der Waals surface area contributed by atoms with Crippen LogP contribution in [0.3, 0.4) is 0 Å². The lowest BCUT2D eigenvalue weighted by Crippen LogP contribution is -2.41. The molecule has 0 aromatic carbocycles. The summed E-state index contributed by atoms with van der Waals surface area (Å²) in [6, 6.07) is 3.79. The van der Waals surface area contributed by atoms with E-state index in [1.54, 1.807) is 0 Å². The Morgan fingerprint density at radius 3 is 2.75 bits per heavy atom. The Hall–Kier alpha value is -1.62. The van der Waals surface area contributed by atoms with Gasteiger partial charge in [-0.15, -0.1) is 0 Å². The highest BCUT2D eigenvalue weighted by molar-refractivity contribution is 5.44. The lowest BCUT2D eigenvalue weighted by Gasteiger charge is -2.33. The Kier molecular flexibility index (Phi) is 3.38. The second-order valence-corrected chi connectivity index (χ2v) is 5.88. The first-order chi connectivity index (χ1) is 9.60. The van der Waals surface area contributed by atoms with Crippen LogP contribution in [-0.4, -0.2) is 10.1 Å². The Morgan fingerprint density at radius 1 is 1.35 bits per heavy atom. The van der Waals surface area contributed by atoms with Gasteiger partial charge in [-0.2, -0.15) is 4.98 Å². The number of furan rings is 1. The van der Waals surface area contributed by atoms with Crippen molar-refractivity contribution in [2.45, 2.75) is 51.5 Å². The minimum Gasteiger partial charge on any atom is -0.456 e. The van der Waals surface area contributed by atoms with Gasteiger partial charge in [0.05, 0.1) is 5.54 Å². The molecule has 5 nitrogen and oxygen atoms in total. The van der Waals surface area contributed by atoms with Gasteiger partial charge in [0.1, 0.15) is 5.76 Å². The van der Waals surface area contributed by atoms with E-state index in [1.807, 2.05) is 19.1 Å². The van der Waals surface area contributed by atoms with E-state index in [4.69, 9.17) is 14.7 Å². The maximum Gasteiger partial charge on any atom is 0.293 e. The average Bonchev–Trinajstić information content (AvgIpc) is 3.10. The molecule has 108 valence electrons. The first-order valence-electron chi connectivity index (χ1n) is 7.33. The zero-order valence-corrected chi connectivity index (χ0v) is 12.1. The summed E-state index contributed by atoms with van der Waals surface area (Å²) in [6.45, 7) is 4.30. The van der Waals surface area contributed by atoms with E-state index in [2.05, 4.69) is 17.1 Å². The van der Waals surface area contributed by atoms with Crippen molar-refractivity contribution >= 4 is 0 Å². The molecule has 2 heterocycles. The highest BCUT2D eigenvalue weighted by atomic mass is 16.5. The fraction of sp³-hybridized carbons (Fsp3) is 0.600. The summed E-state index contributed by atoms with van der Waals surface area (Å²) >= 11 is 0.